The van der Waals surface area contributed by atoms with E-state index in [-0.39, 0.29) is 12.2 Å². The van der Waals surface area contributed by atoms with Crippen molar-refractivity contribution in [1.29, 1.82) is 0 Å². The number of aliphatic hydroxyl groups is 1. The summed E-state index contributed by atoms with van der Waals surface area (Å²) in [6, 6.07) is 8.22. The Morgan fingerprint density at radius 1 is 1.22 bits per heavy atom. The fraction of sp³-hybridized carbons (Fsp3) is 0.421. The minimum atomic E-state index is -0.164. The van der Waals surface area contributed by atoms with Crippen molar-refractivity contribution < 1.29 is 14.3 Å². The summed E-state index contributed by atoms with van der Waals surface area (Å²) in [4.78, 5) is 4.69. The first kappa shape index (κ1) is 14.5. The van der Waals surface area contributed by atoms with Crippen molar-refractivity contribution in [2.75, 3.05) is 6.61 Å². The Labute approximate surface area is 135 Å². The molecule has 0 spiro atoms. The largest absolute Gasteiger partial charge is 0.487 e. The van der Waals surface area contributed by atoms with E-state index in [4.69, 9.17) is 14.3 Å². The molecule has 1 N–H and O–H groups in total. The Hall–Kier alpha value is -2.07. The Morgan fingerprint density at radius 2 is 2.00 bits per heavy atom. The van der Waals surface area contributed by atoms with Gasteiger partial charge < -0.3 is 14.3 Å². The van der Waals surface area contributed by atoms with E-state index in [2.05, 4.69) is 31.0 Å². The molecule has 2 heterocycles. The maximum atomic E-state index is 9.03. The summed E-state index contributed by atoms with van der Waals surface area (Å²) in [5, 5.41) is 11.2. The topological polar surface area (TPSA) is 55.5 Å². The minimum Gasteiger partial charge on any atom is -0.487 e. The molecule has 0 bridgehead atoms. The van der Waals surface area contributed by atoms with Gasteiger partial charge in [-0.1, -0.05) is 24.3 Å². The molecule has 0 saturated carbocycles. The van der Waals surface area contributed by atoms with Crippen molar-refractivity contribution in [3.63, 3.8) is 0 Å². The Balaban J connectivity index is 2.00. The van der Waals surface area contributed by atoms with Crippen LogP contribution in [-0.4, -0.2) is 22.3 Å². The highest BCUT2D eigenvalue weighted by molar-refractivity contribution is 6.08. The number of oxazole rings is 1. The molecule has 4 heteroatoms. The third-order valence-corrected chi connectivity index (χ3v) is 4.55. The molecule has 3 aromatic rings. The monoisotopic (exact) mass is 311 g/mol. The zero-order chi connectivity index (χ0) is 16.0. The predicted molar refractivity (Wildman–Crippen MR) is 89.9 cm³/mol. The second-order valence-corrected chi connectivity index (χ2v) is 6.83. The summed E-state index contributed by atoms with van der Waals surface area (Å²) in [5.74, 6) is 1.63. The molecule has 0 fully saturated rings. The maximum absolute atomic E-state index is 9.03. The minimum absolute atomic E-state index is 0.148. The fourth-order valence-electron chi connectivity index (χ4n) is 3.34. The van der Waals surface area contributed by atoms with Crippen LogP contribution < -0.4 is 4.74 Å². The molecular formula is C19H21NO3. The van der Waals surface area contributed by atoms with E-state index in [1.165, 1.54) is 0 Å². The molecule has 4 rings (SSSR count). The summed E-state index contributed by atoms with van der Waals surface area (Å²) >= 11 is 0. The summed E-state index contributed by atoms with van der Waals surface area (Å²) in [6.07, 6.45) is 3.20. The average molecular weight is 311 g/mol. The Bertz CT molecular complexity index is 879. The van der Waals surface area contributed by atoms with Gasteiger partial charge in [-0.3, -0.25) is 0 Å². The second-order valence-electron chi connectivity index (χ2n) is 6.83. The van der Waals surface area contributed by atoms with Gasteiger partial charge in [-0.2, -0.15) is 0 Å². The average Bonchev–Trinajstić information content (AvgIpc) is 2.96. The smallest absolute Gasteiger partial charge is 0.195 e. The molecular weight excluding hydrogens is 290 g/mol. The lowest BCUT2D eigenvalue weighted by Crippen LogP contribution is -2.32. The quantitative estimate of drug-likeness (QED) is 0.794. The van der Waals surface area contributed by atoms with Crippen LogP contribution in [0.5, 0.6) is 5.75 Å². The van der Waals surface area contributed by atoms with Gasteiger partial charge in [0.05, 0.1) is 0 Å². The van der Waals surface area contributed by atoms with Crippen LogP contribution in [0, 0.1) is 0 Å². The molecule has 4 nitrogen and oxygen atoms in total. The zero-order valence-corrected chi connectivity index (χ0v) is 13.6. The van der Waals surface area contributed by atoms with Gasteiger partial charge >= 0.3 is 0 Å². The number of benzene rings is 2. The highest BCUT2D eigenvalue weighted by Crippen LogP contribution is 2.44. The van der Waals surface area contributed by atoms with Gasteiger partial charge in [0.25, 0.3) is 0 Å². The molecule has 0 unspecified atom stereocenters. The second kappa shape index (κ2) is 5.24. The van der Waals surface area contributed by atoms with Crippen LogP contribution in [-0.2, 0) is 12.8 Å². The highest BCUT2D eigenvalue weighted by atomic mass is 16.5. The Kier molecular flexibility index (Phi) is 3.31. The van der Waals surface area contributed by atoms with E-state index >= 15 is 0 Å². The first-order chi connectivity index (χ1) is 11.1. The molecule has 0 radical (unpaired) electrons. The van der Waals surface area contributed by atoms with E-state index in [1.54, 1.807) is 0 Å². The first-order valence-corrected chi connectivity index (χ1v) is 8.22. The number of aryl methyl sites for hydroxylation is 2. The van der Waals surface area contributed by atoms with Gasteiger partial charge in [0.1, 0.15) is 16.9 Å². The van der Waals surface area contributed by atoms with Crippen LogP contribution in [0.3, 0.4) is 0 Å². The van der Waals surface area contributed by atoms with Crippen LogP contribution in [0.2, 0.25) is 0 Å². The van der Waals surface area contributed by atoms with Crippen LogP contribution in [0.25, 0.3) is 21.9 Å². The van der Waals surface area contributed by atoms with Crippen molar-refractivity contribution in [2.24, 2.45) is 0 Å². The first-order valence-electron chi connectivity index (χ1n) is 8.22. The van der Waals surface area contributed by atoms with Crippen molar-refractivity contribution in [2.45, 2.75) is 45.1 Å². The number of fused-ring (bicyclic) bond motifs is 6. The molecule has 0 atom stereocenters. The summed E-state index contributed by atoms with van der Waals surface area (Å²) in [7, 11) is 0. The molecule has 0 aliphatic carbocycles. The number of nitrogens with zero attached hydrogens (tertiary/aromatic N) is 1. The van der Waals surface area contributed by atoms with Gasteiger partial charge in [-0.05, 0) is 33.1 Å². The van der Waals surface area contributed by atoms with Gasteiger partial charge in [-0.25, -0.2) is 4.98 Å². The van der Waals surface area contributed by atoms with Crippen molar-refractivity contribution >= 4 is 21.9 Å². The lowest BCUT2D eigenvalue weighted by atomic mass is 9.91. The number of aromatic nitrogens is 1. The summed E-state index contributed by atoms with van der Waals surface area (Å²) < 4.78 is 12.3. The van der Waals surface area contributed by atoms with Gasteiger partial charge in [0, 0.05) is 29.4 Å². The van der Waals surface area contributed by atoms with E-state index < -0.39 is 0 Å². The molecule has 120 valence electrons. The molecule has 1 aliphatic rings. The molecule has 2 aromatic carbocycles. The van der Waals surface area contributed by atoms with E-state index in [1.807, 2.05) is 12.1 Å². The third kappa shape index (κ3) is 2.38. The van der Waals surface area contributed by atoms with E-state index in [0.29, 0.717) is 18.7 Å². The SMILES string of the molecule is CC1(C)CCc2c(c3ccccc3c3nc(CCCO)oc23)O1. The van der Waals surface area contributed by atoms with Crippen LogP contribution >= 0.6 is 0 Å². The number of aliphatic hydroxyl groups excluding tert-OH is 1. The fourth-order valence-corrected chi connectivity index (χ4v) is 3.34. The molecule has 1 aromatic heterocycles. The number of rotatable bonds is 3. The lowest BCUT2D eigenvalue weighted by molar-refractivity contribution is 0.0870. The van der Waals surface area contributed by atoms with Crippen molar-refractivity contribution in [3.05, 3.63) is 35.7 Å². The van der Waals surface area contributed by atoms with Gasteiger partial charge in [0.15, 0.2) is 11.5 Å². The molecule has 0 amide bonds. The van der Waals surface area contributed by atoms with E-state index in [0.717, 1.165) is 46.0 Å². The number of ether oxygens (including phenoxy) is 1. The predicted octanol–water partition coefficient (Wildman–Crippen LogP) is 4.01. The van der Waals surface area contributed by atoms with Crippen LogP contribution in [0.4, 0.5) is 0 Å². The summed E-state index contributed by atoms with van der Waals surface area (Å²) in [6.45, 7) is 4.40. The molecule has 1 aliphatic heterocycles. The van der Waals surface area contributed by atoms with Gasteiger partial charge in [0.2, 0.25) is 0 Å². The highest BCUT2D eigenvalue weighted by Gasteiger charge is 2.31. The zero-order valence-electron chi connectivity index (χ0n) is 13.6. The van der Waals surface area contributed by atoms with Crippen molar-refractivity contribution in [1.82, 2.24) is 4.98 Å². The van der Waals surface area contributed by atoms with Crippen LogP contribution in [0.1, 0.15) is 38.1 Å². The van der Waals surface area contributed by atoms with Crippen molar-refractivity contribution in [3.8, 4) is 5.75 Å². The maximum Gasteiger partial charge on any atom is 0.195 e. The number of hydrogen-bond donors (Lipinski definition) is 1. The molecule has 0 saturated heterocycles. The van der Waals surface area contributed by atoms with Crippen LogP contribution in [0.15, 0.2) is 28.7 Å². The third-order valence-electron chi connectivity index (χ3n) is 4.55. The normalized spacial score (nSPS) is 16.5. The lowest BCUT2D eigenvalue weighted by Gasteiger charge is -2.33. The number of hydrogen-bond acceptors (Lipinski definition) is 4. The summed E-state index contributed by atoms with van der Waals surface area (Å²) in [5.41, 5.74) is 2.72. The molecule has 23 heavy (non-hydrogen) atoms. The Morgan fingerprint density at radius 3 is 2.78 bits per heavy atom. The standard InChI is InChI=1S/C19H21NO3/c1-19(2)10-9-14-17(23-19)13-7-4-3-6-12(13)16-18(14)22-15(20-16)8-5-11-21/h3-4,6-7,21H,5,8-11H2,1-2H3. The van der Waals surface area contributed by atoms with E-state index in [9.17, 15) is 0 Å². The van der Waals surface area contributed by atoms with Gasteiger partial charge in [-0.15, -0.1) is 0 Å².